The zero-order valence-corrected chi connectivity index (χ0v) is 16.0. The van der Waals surface area contributed by atoms with E-state index < -0.39 is 0 Å². The molecule has 0 spiro atoms. The van der Waals surface area contributed by atoms with Gasteiger partial charge in [-0.1, -0.05) is 51.3 Å². The van der Waals surface area contributed by atoms with E-state index in [1.165, 1.54) is 30.4 Å². The third kappa shape index (κ3) is 4.43. The molecule has 2 aromatic rings. The van der Waals surface area contributed by atoms with Gasteiger partial charge in [-0.2, -0.15) is 0 Å². The summed E-state index contributed by atoms with van der Waals surface area (Å²) < 4.78 is 0. The fourth-order valence-electron chi connectivity index (χ4n) is 3.63. The molecule has 138 valence electrons. The van der Waals surface area contributed by atoms with E-state index in [-0.39, 0.29) is 5.91 Å². The lowest BCUT2D eigenvalue weighted by Crippen LogP contribution is -2.36. The molecule has 26 heavy (non-hydrogen) atoms. The third-order valence-corrected chi connectivity index (χ3v) is 5.14. The number of carbonyl (C=O) groups is 1. The SMILES string of the molecule is Cc1cccc(C(C)C)c1Nc1cncc(C(=O)NC2CCCCC2)c1. The molecule has 1 aromatic heterocycles. The number of nitrogens with one attached hydrogen (secondary N) is 2. The smallest absolute Gasteiger partial charge is 0.253 e. The Bertz CT molecular complexity index is 764. The Balaban J connectivity index is 1.76. The molecular weight excluding hydrogens is 322 g/mol. The highest BCUT2D eigenvalue weighted by molar-refractivity contribution is 5.95. The van der Waals surface area contributed by atoms with Gasteiger partial charge in [0, 0.05) is 17.9 Å². The van der Waals surface area contributed by atoms with Crippen LogP contribution in [0, 0.1) is 6.92 Å². The highest BCUT2D eigenvalue weighted by Gasteiger charge is 2.17. The van der Waals surface area contributed by atoms with Crippen LogP contribution in [0.5, 0.6) is 0 Å². The minimum Gasteiger partial charge on any atom is -0.354 e. The second kappa shape index (κ2) is 8.35. The Hall–Kier alpha value is -2.36. The Morgan fingerprint density at radius 3 is 2.65 bits per heavy atom. The number of hydrogen-bond acceptors (Lipinski definition) is 3. The largest absolute Gasteiger partial charge is 0.354 e. The van der Waals surface area contributed by atoms with Gasteiger partial charge in [0.2, 0.25) is 0 Å². The number of amides is 1. The van der Waals surface area contributed by atoms with E-state index in [1.54, 1.807) is 12.4 Å². The molecule has 0 radical (unpaired) electrons. The summed E-state index contributed by atoms with van der Waals surface area (Å²) in [5, 5.41) is 6.64. The summed E-state index contributed by atoms with van der Waals surface area (Å²) in [4.78, 5) is 16.9. The van der Waals surface area contributed by atoms with Gasteiger partial charge in [-0.15, -0.1) is 0 Å². The van der Waals surface area contributed by atoms with E-state index in [9.17, 15) is 4.79 Å². The van der Waals surface area contributed by atoms with Crippen LogP contribution in [0.15, 0.2) is 36.7 Å². The monoisotopic (exact) mass is 351 g/mol. The van der Waals surface area contributed by atoms with Gasteiger partial charge in [0.25, 0.3) is 5.91 Å². The molecule has 3 rings (SSSR count). The summed E-state index contributed by atoms with van der Waals surface area (Å²) in [6.07, 6.45) is 9.27. The average molecular weight is 351 g/mol. The fraction of sp³-hybridized carbons (Fsp3) is 0.455. The van der Waals surface area contributed by atoms with Crippen molar-refractivity contribution in [2.24, 2.45) is 0 Å². The average Bonchev–Trinajstić information content (AvgIpc) is 2.64. The predicted molar refractivity (Wildman–Crippen MR) is 107 cm³/mol. The van der Waals surface area contributed by atoms with E-state index >= 15 is 0 Å². The summed E-state index contributed by atoms with van der Waals surface area (Å²) in [7, 11) is 0. The number of nitrogens with zero attached hydrogens (tertiary/aromatic N) is 1. The molecule has 0 saturated heterocycles. The molecule has 1 aliphatic rings. The number of pyridine rings is 1. The van der Waals surface area contributed by atoms with Gasteiger partial charge in [-0.05, 0) is 42.9 Å². The quantitative estimate of drug-likeness (QED) is 0.766. The first kappa shape index (κ1) is 18.4. The highest BCUT2D eigenvalue weighted by atomic mass is 16.1. The van der Waals surface area contributed by atoms with Crippen LogP contribution >= 0.6 is 0 Å². The van der Waals surface area contributed by atoms with E-state index in [0.29, 0.717) is 17.5 Å². The maximum Gasteiger partial charge on any atom is 0.253 e. The van der Waals surface area contributed by atoms with E-state index in [1.807, 2.05) is 6.07 Å². The van der Waals surface area contributed by atoms with Crippen molar-refractivity contribution >= 4 is 17.3 Å². The molecule has 4 nitrogen and oxygen atoms in total. The van der Waals surface area contributed by atoms with E-state index in [2.05, 4.69) is 54.6 Å². The summed E-state index contributed by atoms with van der Waals surface area (Å²) in [5.74, 6) is 0.394. The second-order valence-electron chi connectivity index (χ2n) is 7.59. The van der Waals surface area contributed by atoms with Crippen LogP contribution in [0.4, 0.5) is 11.4 Å². The molecule has 1 amide bonds. The van der Waals surface area contributed by atoms with Crippen LogP contribution in [-0.2, 0) is 0 Å². The molecule has 0 atom stereocenters. The summed E-state index contributed by atoms with van der Waals surface area (Å²) in [5.41, 5.74) is 5.02. The molecule has 1 fully saturated rings. The van der Waals surface area contributed by atoms with Crippen molar-refractivity contribution in [1.29, 1.82) is 0 Å². The van der Waals surface area contributed by atoms with Crippen LogP contribution in [-0.4, -0.2) is 16.9 Å². The Morgan fingerprint density at radius 2 is 1.92 bits per heavy atom. The first-order valence-electron chi connectivity index (χ1n) is 9.67. The van der Waals surface area contributed by atoms with Crippen LogP contribution < -0.4 is 10.6 Å². The van der Waals surface area contributed by atoms with Crippen molar-refractivity contribution in [3.05, 3.63) is 53.3 Å². The van der Waals surface area contributed by atoms with Gasteiger partial charge in [-0.3, -0.25) is 9.78 Å². The molecule has 4 heteroatoms. The molecule has 0 aliphatic heterocycles. The molecule has 0 bridgehead atoms. The number of anilines is 2. The molecule has 0 unspecified atom stereocenters. The maximum atomic E-state index is 12.6. The van der Waals surface area contributed by atoms with Crippen LogP contribution in [0.2, 0.25) is 0 Å². The van der Waals surface area contributed by atoms with Gasteiger partial charge in [0.05, 0.1) is 17.4 Å². The Labute approximate surface area is 156 Å². The minimum atomic E-state index is -0.0260. The maximum absolute atomic E-state index is 12.6. The van der Waals surface area contributed by atoms with Gasteiger partial charge in [0.1, 0.15) is 0 Å². The molecule has 1 aliphatic carbocycles. The predicted octanol–water partition coefficient (Wildman–Crippen LogP) is 5.32. The summed E-state index contributed by atoms with van der Waals surface area (Å²) in [6, 6.07) is 8.52. The standard InChI is InChI=1S/C22H29N3O/c1-15(2)20-11-7-8-16(3)21(20)24-19-12-17(13-23-14-19)22(26)25-18-9-5-4-6-10-18/h7-8,11-15,18,24H,4-6,9-10H2,1-3H3,(H,25,26). The van der Waals surface area contributed by atoms with Crippen molar-refractivity contribution in [3.63, 3.8) is 0 Å². The van der Waals surface area contributed by atoms with Crippen LogP contribution in [0.25, 0.3) is 0 Å². The molecule has 1 saturated carbocycles. The third-order valence-electron chi connectivity index (χ3n) is 5.14. The van der Waals surface area contributed by atoms with Crippen molar-refractivity contribution in [2.75, 3.05) is 5.32 Å². The zero-order valence-electron chi connectivity index (χ0n) is 16.0. The lowest BCUT2D eigenvalue weighted by molar-refractivity contribution is 0.0927. The molecular formula is C22H29N3O. The minimum absolute atomic E-state index is 0.0260. The normalized spacial score (nSPS) is 15.1. The first-order chi connectivity index (χ1) is 12.5. The zero-order chi connectivity index (χ0) is 18.5. The highest BCUT2D eigenvalue weighted by Crippen LogP contribution is 2.30. The lowest BCUT2D eigenvalue weighted by atomic mass is 9.95. The molecule has 1 heterocycles. The fourth-order valence-corrected chi connectivity index (χ4v) is 3.63. The van der Waals surface area contributed by atoms with Gasteiger partial charge >= 0.3 is 0 Å². The summed E-state index contributed by atoms with van der Waals surface area (Å²) >= 11 is 0. The summed E-state index contributed by atoms with van der Waals surface area (Å²) in [6.45, 7) is 6.47. The van der Waals surface area contributed by atoms with Crippen molar-refractivity contribution in [2.45, 2.75) is 64.8 Å². The number of aryl methyl sites for hydroxylation is 1. The topological polar surface area (TPSA) is 54.0 Å². The number of carbonyl (C=O) groups excluding carboxylic acids is 1. The first-order valence-corrected chi connectivity index (χ1v) is 9.67. The number of aromatic nitrogens is 1. The van der Waals surface area contributed by atoms with Crippen LogP contribution in [0.1, 0.15) is 73.4 Å². The number of rotatable bonds is 5. The molecule has 1 aromatic carbocycles. The Kier molecular flexibility index (Phi) is 5.92. The van der Waals surface area contributed by atoms with E-state index in [0.717, 1.165) is 24.2 Å². The Morgan fingerprint density at radius 1 is 1.15 bits per heavy atom. The number of para-hydroxylation sites is 1. The second-order valence-corrected chi connectivity index (χ2v) is 7.59. The number of benzene rings is 1. The lowest BCUT2D eigenvalue weighted by Gasteiger charge is -2.23. The number of hydrogen-bond donors (Lipinski definition) is 2. The van der Waals surface area contributed by atoms with Gasteiger partial charge < -0.3 is 10.6 Å². The van der Waals surface area contributed by atoms with Crippen molar-refractivity contribution < 1.29 is 4.79 Å². The van der Waals surface area contributed by atoms with Crippen molar-refractivity contribution in [3.8, 4) is 0 Å². The molecule has 2 N–H and O–H groups in total. The van der Waals surface area contributed by atoms with Crippen LogP contribution in [0.3, 0.4) is 0 Å². The van der Waals surface area contributed by atoms with Crippen molar-refractivity contribution in [1.82, 2.24) is 10.3 Å². The van der Waals surface area contributed by atoms with Gasteiger partial charge in [0.15, 0.2) is 0 Å². The van der Waals surface area contributed by atoms with Gasteiger partial charge in [-0.25, -0.2) is 0 Å². The van der Waals surface area contributed by atoms with E-state index in [4.69, 9.17) is 0 Å².